The number of fused-ring (bicyclic) bond motifs is 1. The summed E-state index contributed by atoms with van der Waals surface area (Å²) in [6, 6.07) is 10.1. The zero-order chi connectivity index (χ0) is 22.7. The first-order chi connectivity index (χ1) is 15.5. The number of rotatable bonds is 7. The molecule has 1 aliphatic rings. The van der Waals surface area contributed by atoms with Crippen molar-refractivity contribution in [1.82, 2.24) is 4.57 Å². The number of furan rings is 1. The van der Waals surface area contributed by atoms with E-state index in [1.54, 1.807) is 56.5 Å². The highest BCUT2D eigenvalue weighted by molar-refractivity contribution is 7.07. The first-order valence-corrected chi connectivity index (χ1v) is 10.9. The van der Waals surface area contributed by atoms with Crippen molar-refractivity contribution in [2.45, 2.75) is 19.9 Å². The predicted molar refractivity (Wildman–Crippen MR) is 121 cm³/mol. The fourth-order valence-corrected chi connectivity index (χ4v) is 4.54. The first kappa shape index (κ1) is 21.6. The monoisotopic (exact) mass is 450 g/mol. The molecule has 8 heteroatoms. The number of hydrogen-bond acceptors (Lipinski definition) is 7. The van der Waals surface area contributed by atoms with Crippen molar-refractivity contribution in [2.75, 3.05) is 13.2 Å². The van der Waals surface area contributed by atoms with E-state index in [1.807, 2.05) is 12.1 Å². The lowest BCUT2D eigenvalue weighted by atomic mass is 9.96. The Balaban J connectivity index is 1.88. The molecule has 0 spiro atoms. The molecule has 0 bridgehead atoms. The van der Waals surface area contributed by atoms with Gasteiger partial charge in [0.25, 0.3) is 5.56 Å². The third-order valence-corrected chi connectivity index (χ3v) is 5.88. The van der Waals surface area contributed by atoms with E-state index in [9.17, 15) is 9.59 Å². The van der Waals surface area contributed by atoms with Gasteiger partial charge in [0.1, 0.15) is 18.1 Å². The molecule has 7 nitrogen and oxygen atoms in total. The topological polar surface area (TPSA) is 83.0 Å². The van der Waals surface area contributed by atoms with Crippen molar-refractivity contribution < 1.29 is 18.7 Å². The summed E-state index contributed by atoms with van der Waals surface area (Å²) < 4.78 is 18.2. The molecule has 4 rings (SSSR count). The molecule has 0 radical (unpaired) electrons. The molecule has 0 saturated heterocycles. The molecule has 0 N–H and O–H groups in total. The SMILES string of the molecule is C=CCOc1ccc([C@H]2C(C(=O)OCC)=C(C)N=c3sc(=Cc4ccco4)c(=O)n32)cc1. The number of esters is 1. The summed E-state index contributed by atoms with van der Waals surface area (Å²) in [7, 11) is 0. The summed E-state index contributed by atoms with van der Waals surface area (Å²) in [5, 5.41) is 0. The van der Waals surface area contributed by atoms with Gasteiger partial charge in [0.2, 0.25) is 0 Å². The number of aromatic nitrogens is 1. The van der Waals surface area contributed by atoms with Gasteiger partial charge in [-0.2, -0.15) is 0 Å². The lowest BCUT2D eigenvalue weighted by molar-refractivity contribution is -0.139. The summed E-state index contributed by atoms with van der Waals surface area (Å²) in [5.74, 6) is 0.736. The first-order valence-electron chi connectivity index (χ1n) is 10.1. The van der Waals surface area contributed by atoms with E-state index in [-0.39, 0.29) is 12.2 Å². The molecule has 0 amide bonds. The van der Waals surface area contributed by atoms with E-state index in [0.717, 1.165) is 5.56 Å². The average molecular weight is 451 g/mol. The van der Waals surface area contributed by atoms with Crippen LogP contribution < -0.4 is 19.6 Å². The maximum Gasteiger partial charge on any atom is 0.338 e. The minimum Gasteiger partial charge on any atom is -0.490 e. The van der Waals surface area contributed by atoms with E-state index in [4.69, 9.17) is 13.9 Å². The maximum atomic E-state index is 13.4. The number of carbonyl (C=O) groups is 1. The van der Waals surface area contributed by atoms with Crippen molar-refractivity contribution in [1.29, 1.82) is 0 Å². The number of benzene rings is 1. The zero-order valence-corrected chi connectivity index (χ0v) is 18.6. The third kappa shape index (κ3) is 4.09. The van der Waals surface area contributed by atoms with E-state index in [2.05, 4.69) is 11.6 Å². The Morgan fingerprint density at radius 3 is 2.75 bits per heavy atom. The van der Waals surface area contributed by atoms with Crippen LogP contribution in [0.25, 0.3) is 6.08 Å². The standard InChI is InChI=1S/C24H22N2O5S/c1-4-12-30-17-10-8-16(9-11-17)21-20(23(28)29-5-2)15(3)25-24-26(21)22(27)19(32-24)14-18-7-6-13-31-18/h4,6-11,13-14,21H,1,5,12H2,2-3H3/t21-/m0/s1. The molecular formula is C24H22N2O5S. The fraction of sp³-hybridized carbons (Fsp3) is 0.208. The molecule has 1 aromatic carbocycles. The number of thiazole rings is 1. The molecule has 0 unspecified atom stereocenters. The van der Waals surface area contributed by atoms with Crippen molar-refractivity contribution >= 4 is 23.4 Å². The minimum absolute atomic E-state index is 0.222. The quantitative estimate of drug-likeness (QED) is 0.408. The van der Waals surface area contributed by atoms with Crippen molar-refractivity contribution in [2.24, 2.45) is 4.99 Å². The Labute approximate surface area is 188 Å². The van der Waals surface area contributed by atoms with E-state index in [0.29, 0.717) is 38.7 Å². The van der Waals surface area contributed by atoms with Crippen LogP contribution in [0.5, 0.6) is 5.75 Å². The van der Waals surface area contributed by atoms with Crippen molar-refractivity contribution in [3.8, 4) is 5.75 Å². The highest BCUT2D eigenvalue weighted by atomic mass is 32.1. The normalized spacial score (nSPS) is 15.8. The van der Waals surface area contributed by atoms with Gasteiger partial charge in [-0.25, -0.2) is 9.79 Å². The maximum absolute atomic E-state index is 13.4. The molecule has 0 aliphatic carbocycles. The summed E-state index contributed by atoms with van der Waals surface area (Å²) >= 11 is 1.25. The highest BCUT2D eigenvalue weighted by Gasteiger charge is 2.33. The highest BCUT2D eigenvalue weighted by Crippen LogP contribution is 2.31. The largest absolute Gasteiger partial charge is 0.490 e. The van der Waals surface area contributed by atoms with Crippen LogP contribution in [0.3, 0.4) is 0 Å². The summed E-state index contributed by atoms with van der Waals surface area (Å²) in [6.45, 7) is 7.75. The number of hydrogen-bond donors (Lipinski definition) is 0. The Morgan fingerprint density at radius 1 is 1.31 bits per heavy atom. The van der Waals surface area contributed by atoms with Gasteiger partial charge in [0, 0.05) is 6.08 Å². The van der Waals surface area contributed by atoms with Crippen LogP contribution in [0.1, 0.15) is 31.2 Å². The Hall–Kier alpha value is -3.65. The smallest absolute Gasteiger partial charge is 0.338 e. The van der Waals surface area contributed by atoms with Crippen LogP contribution in [0.4, 0.5) is 0 Å². The molecular weight excluding hydrogens is 428 g/mol. The predicted octanol–water partition coefficient (Wildman–Crippen LogP) is 2.96. The van der Waals surface area contributed by atoms with Crippen LogP contribution in [-0.4, -0.2) is 23.8 Å². The molecule has 3 heterocycles. The molecule has 2 aromatic heterocycles. The van der Waals surface area contributed by atoms with Gasteiger partial charge in [-0.15, -0.1) is 0 Å². The van der Waals surface area contributed by atoms with Gasteiger partial charge in [-0.05, 0) is 43.7 Å². The molecule has 1 aliphatic heterocycles. The number of ether oxygens (including phenoxy) is 2. The van der Waals surface area contributed by atoms with Gasteiger partial charge >= 0.3 is 5.97 Å². The van der Waals surface area contributed by atoms with Crippen molar-refractivity contribution in [3.63, 3.8) is 0 Å². The summed E-state index contributed by atoms with van der Waals surface area (Å²) in [5.41, 5.74) is 1.35. The molecule has 0 fully saturated rings. The van der Waals surface area contributed by atoms with Gasteiger partial charge < -0.3 is 13.9 Å². The van der Waals surface area contributed by atoms with Crippen LogP contribution in [0, 0.1) is 0 Å². The zero-order valence-electron chi connectivity index (χ0n) is 17.7. The molecule has 3 aromatic rings. The number of allylic oxidation sites excluding steroid dienone is 1. The van der Waals surface area contributed by atoms with Crippen LogP contribution in [0.2, 0.25) is 0 Å². The van der Waals surface area contributed by atoms with Crippen LogP contribution in [-0.2, 0) is 9.53 Å². The second-order valence-electron chi connectivity index (χ2n) is 6.99. The molecule has 164 valence electrons. The van der Waals surface area contributed by atoms with E-state index < -0.39 is 12.0 Å². The van der Waals surface area contributed by atoms with Gasteiger partial charge in [-0.1, -0.05) is 36.1 Å². The summed E-state index contributed by atoms with van der Waals surface area (Å²) in [4.78, 5) is 31.3. The van der Waals surface area contributed by atoms with E-state index >= 15 is 0 Å². The Bertz CT molecular complexity index is 1340. The number of nitrogens with zero attached hydrogens (tertiary/aromatic N) is 2. The Morgan fingerprint density at radius 2 is 2.09 bits per heavy atom. The van der Waals surface area contributed by atoms with Gasteiger partial charge in [-0.3, -0.25) is 9.36 Å². The fourth-order valence-electron chi connectivity index (χ4n) is 3.51. The second-order valence-corrected chi connectivity index (χ2v) is 8.00. The van der Waals surface area contributed by atoms with Gasteiger partial charge in [0.05, 0.1) is 34.7 Å². The number of carbonyl (C=O) groups excluding carboxylic acids is 1. The lowest BCUT2D eigenvalue weighted by Gasteiger charge is -2.24. The van der Waals surface area contributed by atoms with Crippen LogP contribution >= 0.6 is 11.3 Å². The third-order valence-electron chi connectivity index (χ3n) is 4.90. The van der Waals surface area contributed by atoms with E-state index in [1.165, 1.54) is 15.9 Å². The average Bonchev–Trinajstić information content (AvgIpc) is 3.40. The molecule has 32 heavy (non-hydrogen) atoms. The van der Waals surface area contributed by atoms with Crippen LogP contribution in [0.15, 0.2) is 80.8 Å². The van der Waals surface area contributed by atoms with Crippen molar-refractivity contribution in [3.05, 3.63) is 97.6 Å². The molecule has 0 saturated carbocycles. The van der Waals surface area contributed by atoms with Gasteiger partial charge in [0.15, 0.2) is 4.80 Å². The lowest BCUT2D eigenvalue weighted by Crippen LogP contribution is -2.39. The summed E-state index contributed by atoms with van der Waals surface area (Å²) in [6.07, 6.45) is 4.89. The minimum atomic E-state index is -0.669. The molecule has 1 atom stereocenters. The second kappa shape index (κ2) is 9.23. The Kier molecular flexibility index (Phi) is 6.23.